The van der Waals surface area contributed by atoms with E-state index in [1.807, 2.05) is 23.6 Å². The summed E-state index contributed by atoms with van der Waals surface area (Å²) < 4.78 is 5.87. The Morgan fingerprint density at radius 3 is 2.71 bits per heavy atom. The molecular weight excluding hydrogens is 282 g/mol. The van der Waals surface area contributed by atoms with Gasteiger partial charge < -0.3 is 10.5 Å². The first-order valence-electron chi connectivity index (χ1n) is 7.04. The van der Waals surface area contributed by atoms with Gasteiger partial charge in [-0.2, -0.15) is 4.98 Å². The summed E-state index contributed by atoms with van der Waals surface area (Å²) in [6.45, 7) is 2.20. The Hall–Kier alpha value is -2.14. The van der Waals surface area contributed by atoms with Gasteiger partial charge in [-0.25, -0.2) is 4.98 Å². The lowest BCUT2D eigenvalue weighted by Gasteiger charge is -2.07. The Morgan fingerprint density at radius 1 is 1.14 bits per heavy atom. The second-order valence-electron chi connectivity index (χ2n) is 4.88. The minimum Gasteiger partial charge on any atom is -0.438 e. The van der Waals surface area contributed by atoms with Crippen molar-refractivity contribution in [3.63, 3.8) is 0 Å². The molecule has 2 heterocycles. The van der Waals surface area contributed by atoms with Crippen LogP contribution in [0.2, 0.25) is 0 Å². The van der Waals surface area contributed by atoms with Gasteiger partial charge >= 0.3 is 0 Å². The minimum absolute atomic E-state index is 0.236. The Bertz CT molecular complexity index is 737. The summed E-state index contributed by atoms with van der Waals surface area (Å²) in [6, 6.07) is 10.1. The van der Waals surface area contributed by atoms with Crippen molar-refractivity contribution in [1.82, 2.24) is 9.97 Å². The van der Waals surface area contributed by atoms with E-state index in [9.17, 15) is 0 Å². The number of aromatic nitrogens is 2. The second kappa shape index (κ2) is 6.10. The molecule has 0 bridgehead atoms. The Kier molecular flexibility index (Phi) is 4.01. The molecule has 0 radical (unpaired) electrons. The van der Waals surface area contributed by atoms with Crippen molar-refractivity contribution in [2.75, 3.05) is 5.73 Å². The third-order valence-corrected chi connectivity index (χ3v) is 4.07. The van der Waals surface area contributed by atoms with Gasteiger partial charge in [-0.1, -0.05) is 25.5 Å². The number of hydrogen-bond acceptors (Lipinski definition) is 5. The number of nitrogens with two attached hydrogens (primary N) is 1. The number of benzene rings is 1. The molecule has 4 nitrogen and oxygen atoms in total. The largest absolute Gasteiger partial charge is 0.438 e. The smallest absolute Gasteiger partial charge is 0.232 e. The molecule has 0 amide bonds. The van der Waals surface area contributed by atoms with E-state index in [-0.39, 0.29) is 5.95 Å². The molecule has 3 aromatic rings. The van der Waals surface area contributed by atoms with Crippen molar-refractivity contribution >= 4 is 27.5 Å². The minimum atomic E-state index is 0.236. The fourth-order valence-corrected chi connectivity index (χ4v) is 2.90. The van der Waals surface area contributed by atoms with Crippen molar-refractivity contribution in [2.45, 2.75) is 26.2 Å². The summed E-state index contributed by atoms with van der Waals surface area (Å²) in [6.07, 6.45) is 3.51. The van der Waals surface area contributed by atoms with E-state index in [2.05, 4.69) is 29.0 Å². The molecule has 0 saturated carbocycles. The van der Waals surface area contributed by atoms with Gasteiger partial charge in [-0.05, 0) is 42.0 Å². The predicted molar refractivity (Wildman–Crippen MR) is 87.0 cm³/mol. The number of hydrogen-bond donors (Lipinski definition) is 1. The summed E-state index contributed by atoms with van der Waals surface area (Å²) in [5.74, 6) is 1.51. The number of fused-ring (bicyclic) bond motifs is 1. The van der Waals surface area contributed by atoms with Crippen LogP contribution in [0.5, 0.6) is 11.6 Å². The summed E-state index contributed by atoms with van der Waals surface area (Å²) in [7, 11) is 0. The normalized spacial score (nSPS) is 10.9. The number of nitrogens with zero attached hydrogens (tertiary/aromatic N) is 2. The molecule has 0 aliphatic heterocycles. The molecular formula is C16H17N3OS. The van der Waals surface area contributed by atoms with E-state index in [0.29, 0.717) is 5.88 Å². The first kappa shape index (κ1) is 13.8. The highest BCUT2D eigenvalue weighted by Gasteiger charge is 2.09. The molecule has 5 heteroatoms. The SMILES string of the molecule is CCCCc1ccc(Oc2nc(N)nc3sccc23)cc1. The van der Waals surface area contributed by atoms with Crippen LogP contribution >= 0.6 is 11.3 Å². The first-order chi connectivity index (χ1) is 10.3. The first-order valence-corrected chi connectivity index (χ1v) is 7.91. The van der Waals surface area contributed by atoms with Crippen LogP contribution in [-0.4, -0.2) is 9.97 Å². The summed E-state index contributed by atoms with van der Waals surface area (Å²) >= 11 is 1.53. The van der Waals surface area contributed by atoms with Gasteiger partial charge in [-0.15, -0.1) is 11.3 Å². The second-order valence-corrected chi connectivity index (χ2v) is 5.77. The van der Waals surface area contributed by atoms with Crippen LogP contribution in [0.3, 0.4) is 0 Å². The molecule has 0 atom stereocenters. The van der Waals surface area contributed by atoms with Crippen LogP contribution in [-0.2, 0) is 6.42 Å². The van der Waals surface area contributed by atoms with Crippen LogP contribution in [0.1, 0.15) is 25.3 Å². The predicted octanol–water partition coefficient (Wildman–Crippen LogP) is 4.41. The zero-order chi connectivity index (χ0) is 14.7. The molecule has 0 aliphatic carbocycles. The van der Waals surface area contributed by atoms with Gasteiger partial charge in [0.2, 0.25) is 11.8 Å². The summed E-state index contributed by atoms with van der Waals surface area (Å²) in [4.78, 5) is 9.23. The van der Waals surface area contributed by atoms with Gasteiger partial charge in [0.05, 0.1) is 5.39 Å². The highest BCUT2D eigenvalue weighted by Crippen LogP contribution is 2.30. The van der Waals surface area contributed by atoms with Crippen LogP contribution in [0.15, 0.2) is 35.7 Å². The number of aryl methyl sites for hydroxylation is 1. The average molecular weight is 299 g/mol. The standard InChI is InChI=1S/C16H17N3OS/c1-2-3-4-11-5-7-12(8-6-11)20-14-13-9-10-21-15(13)19-16(17)18-14/h5-10H,2-4H2,1H3,(H2,17,18,19). The summed E-state index contributed by atoms with van der Waals surface area (Å²) in [5.41, 5.74) is 7.05. The Balaban J connectivity index is 1.83. The van der Waals surface area contributed by atoms with E-state index < -0.39 is 0 Å². The lowest BCUT2D eigenvalue weighted by atomic mass is 10.1. The van der Waals surface area contributed by atoms with Crippen molar-refractivity contribution in [3.8, 4) is 11.6 Å². The molecule has 0 spiro atoms. The molecule has 0 aliphatic rings. The third kappa shape index (κ3) is 3.13. The third-order valence-electron chi connectivity index (χ3n) is 3.26. The Morgan fingerprint density at radius 2 is 1.95 bits per heavy atom. The molecule has 21 heavy (non-hydrogen) atoms. The zero-order valence-electron chi connectivity index (χ0n) is 11.9. The number of rotatable bonds is 5. The number of unbranched alkanes of at least 4 members (excludes halogenated alkanes) is 1. The Labute approximate surface area is 127 Å². The molecule has 3 rings (SSSR count). The molecule has 0 unspecified atom stereocenters. The van der Waals surface area contributed by atoms with Crippen LogP contribution in [0.25, 0.3) is 10.2 Å². The molecule has 1 aromatic carbocycles. The van der Waals surface area contributed by atoms with E-state index in [4.69, 9.17) is 10.5 Å². The van der Waals surface area contributed by atoms with Gasteiger partial charge in [0, 0.05) is 0 Å². The van der Waals surface area contributed by atoms with Crippen molar-refractivity contribution in [1.29, 1.82) is 0 Å². The molecule has 108 valence electrons. The highest BCUT2D eigenvalue weighted by atomic mass is 32.1. The van der Waals surface area contributed by atoms with E-state index in [1.165, 1.54) is 29.7 Å². The van der Waals surface area contributed by atoms with E-state index in [0.717, 1.165) is 22.4 Å². The van der Waals surface area contributed by atoms with Crippen LogP contribution < -0.4 is 10.5 Å². The fraction of sp³-hybridized carbons (Fsp3) is 0.250. The highest BCUT2D eigenvalue weighted by molar-refractivity contribution is 7.16. The lowest BCUT2D eigenvalue weighted by molar-refractivity contribution is 0.469. The number of thiophene rings is 1. The average Bonchev–Trinajstić information content (AvgIpc) is 2.95. The van der Waals surface area contributed by atoms with Gasteiger partial charge in [0.1, 0.15) is 10.6 Å². The van der Waals surface area contributed by atoms with Crippen molar-refractivity contribution in [3.05, 3.63) is 41.3 Å². The molecule has 0 fully saturated rings. The van der Waals surface area contributed by atoms with Crippen molar-refractivity contribution < 1.29 is 4.74 Å². The fourth-order valence-electron chi connectivity index (χ4n) is 2.14. The zero-order valence-corrected chi connectivity index (χ0v) is 12.7. The van der Waals surface area contributed by atoms with Gasteiger partial charge in [-0.3, -0.25) is 0 Å². The maximum absolute atomic E-state index is 5.87. The maximum Gasteiger partial charge on any atom is 0.232 e. The van der Waals surface area contributed by atoms with E-state index >= 15 is 0 Å². The molecule has 0 saturated heterocycles. The van der Waals surface area contributed by atoms with Gasteiger partial charge in [0.15, 0.2) is 0 Å². The number of nitrogen functional groups attached to an aromatic ring is 1. The van der Waals surface area contributed by atoms with E-state index in [1.54, 1.807) is 0 Å². The number of ether oxygens (including phenoxy) is 1. The van der Waals surface area contributed by atoms with Crippen LogP contribution in [0, 0.1) is 0 Å². The molecule has 2 N–H and O–H groups in total. The van der Waals surface area contributed by atoms with Crippen LogP contribution in [0.4, 0.5) is 5.95 Å². The quantitative estimate of drug-likeness (QED) is 0.758. The van der Waals surface area contributed by atoms with Gasteiger partial charge in [0.25, 0.3) is 0 Å². The maximum atomic E-state index is 5.87. The lowest BCUT2D eigenvalue weighted by Crippen LogP contribution is -1.97. The van der Waals surface area contributed by atoms with Crippen molar-refractivity contribution in [2.24, 2.45) is 0 Å². The number of anilines is 1. The summed E-state index contributed by atoms with van der Waals surface area (Å²) in [5, 5.41) is 2.85. The molecule has 2 aromatic heterocycles. The monoisotopic (exact) mass is 299 g/mol. The topological polar surface area (TPSA) is 61.0 Å².